The highest BCUT2D eigenvalue weighted by Gasteiger charge is 2.00. The Balaban J connectivity index is 2.66. The largest absolute Gasteiger partial charge is 0.496 e. The molecule has 5 heteroatoms. The third-order valence-corrected chi connectivity index (χ3v) is 1.91. The standard InChI is InChI=1S/C11H15N3O2/c1-14(2)11(15)13-12-8-9-6-4-5-7-10(9)16-3/h4-8H,1-3H3,(H,13,15). The molecule has 0 aliphatic carbocycles. The monoisotopic (exact) mass is 221 g/mol. The van der Waals surface area contributed by atoms with Gasteiger partial charge in [0, 0.05) is 19.7 Å². The number of hydrogen-bond donors (Lipinski definition) is 1. The van der Waals surface area contributed by atoms with Gasteiger partial charge in [-0.25, -0.2) is 10.2 Å². The van der Waals surface area contributed by atoms with Crippen molar-refractivity contribution >= 4 is 12.2 Å². The molecule has 0 bridgehead atoms. The van der Waals surface area contributed by atoms with Gasteiger partial charge in [0.2, 0.25) is 0 Å². The molecule has 1 aromatic carbocycles. The summed E-state index contributed by atoms with van der Waals surface area (Å²) in [6.07, 6.45) is 1.54. The summed E-state index contributed by atoms with van der Waals surface area (Å²) >= 11 is 0. The smallest absolute Gasteiger partial charge is 0.337 e. The maximum Gasteiger partial charge on any atom is 0.337 e. The van der Waals surface area contributed by atoms with Gasteiger partial charge in [0.1, 0.15) is 5.75 Å². The number of hydrogen-bond acceptors (Lipinski definition) is 3. The zero-order valence-electron chi connectivity index (χ0n) is 9.60. The van der Waals surface area contributed by atoms with Crippen molar-refractivity contribution in [1.29, 1.82) is 0 Å². The van der Waals surface area contributed by atoms with E-state index in [2.05, 4.69) is 10.5 Å². The van der Waals surface area contributed by atoms with Crippen LogP contribution in [-0.4, -0.2) is 38.4 Å². The predicted molar refractivity (Wildman–Crippen MR) is 62.8 cm³/mol. The van der Waals surface area contributed by atoms with Crippen LogP contribution in [0.1, 0.15) is 5.56 Å². The van der Waals surface area contributed by atoms with Gasteiger partial charge in [-0.2, -0.15) is 5.10 Å². The predicted octanol–water partition coefficient (Wildman–Crippen LogP) is 1.30. The van der Waals surface area contributed by atoms with E-state index in [9.17, 15) is 4.79 Å². The van der Waals surface area contributed by atoms with Gasteiger partial charge in [-0.05, 0) is 12.1 Å². The lowest BCUT2D eigenvalue weighted by molar-refractivity contribution is 0.218. The van der Waals surface area contributed by atoms with Crippen LogP contribution in [0.4, 0.5) is 4.79 Å². The number of methoxy groups -OCH3 is 1. The Labute approximate surface area is 94.7 Å². The van der Waals surface area contributed by atoms with Crippen molar-refractivity contribution < 1.29 is 9.53 Å². The molecule has 0 fully saturated rings. The number of urea groups is 1. The molecule has 0 aliphatic rings. The van der Waals surface area contributed by atoms with Crippen molar-refractivity contribution in [3.8, 4) is 5.75 Å². The Morgan fingerprint density at radius 1 is 1.44 bits per heavy atom. The minimum Gasteiger partial charge on any atom is -0.496 e. The highest BCUT2D eigenvalue weighted by atomic mass is 16.5. The van der Waals surface area contributed by atoms with Crippen LogP contribution < -0.4 is 10.2 Å². The first kappa shape index (κ1) is 12.0. The number of benzene rings is 1. The first-order valence-electron chi connectivity index (χ1n) is 4.78. The Morgan fingerprint density at radius 3 is 2.75 bits per heavy atom. The summed E-state index contributed by atoms with van der Waals surface area (Å²) < 4.78 is 5.14. The number of hydrazone groups is 1. The topological polar surface area (TPSA) is 53.9 Å². The molecule has 0 spiro atoms. The number of rotatable bonds is 3. The zero-order chi connectivity index (χ0) is 12.0. The number of nitrogens with zero attached hydrogens (tertiary/aromatic N) is 2. The summed E-state index contributed by atoms with van der Waals surface area (Å²) in [5.41, 5.74) is 3.19. The second-order valence-corrected chi connectivity index (χ2v) is 3.31. The van der Waals surface area contributed by atoms with Crippen LogP contribution >= 0.6 is 0 Å². The zero-order valence-corrected chi connectivity index (χ0v) is 9.60. The van der Waals surface area contributed by atoms with Gasteiger partial charge >= 0.3 is 6.03 Å². The summed E-state index contributed by atoms with van der Waals surface area (Å²) in [6.45, 7) is 0. The minimum atomic E-state index is -0.272. The average molecular weight is 221 g/mol. The van der Waals surface area contributed by atoms with Crippen LogP contribution in [0.25, 0.3) is 0 Å². The van der Waals surface area contributed by atoms with Crippen LogP contribution in [0.3, 0.4) is 0 Å². The molecule has 1 aromatic rings. The fourth-order valence-electron chi connectivity index (χ4n) is 1.03. The lowest BCUT2D eigenvalue weighted by Gasteiger charge is -2.08. The Morgan fingerprint density at radius 2 is 2.12 bits per heavy atom. The lowest BCUT2D eigenvalue weighted by Crippen LogP contribution is -2.31. The molecule has 16 heavy (non-hydrogen) atoms. The van der Waals surface area contributed by atoms with Crippen molar-refractivity contribution in [2.45, 2.75) is 0 Å². The minimum absolute atomic E-state index is 0.272. The van der Waals surface area contributed by atoms with E-state index < -0.39 is 0 Å². The molecule has 1 N–H and O–H groups in total. The summed E-state index contributed by atoms with van der Waals surface area (Å²) in [6, 6.07) is 7.15. The Bertz CT molecular complexity index is 389. The van der Waals surface area contributed by atoms with Gasteiger partial charge in [0.05, 0.1) is 13.3 Å². The van der Waals surface area contributed by atoms with E-state index in [-0.39, 0.29) is 6.03 Å². The SMILES string of the molecule is COc1ccccc1C=NNC(=O)N(C)C. The number of nitrogens with one attached hydrogen (secondary N) is 1. The normalized spacial score (nSPS) is 10.2. The van der Waals surface area contributed by atoms with E-state index in [0.29, 0.717) is 5.75 Å². The number of carbonyl (C=O) groups is 1. The maximum atomic E-state index is 11.2. The fraction of sp³-hybridized carbons (Fsp3) is 0.273. The molecule has 5 nitrogen and oxygen atoms in total. The number of carbonyl (C=O) groups excluding carboxylic acids is 1. The van der Waals surface area contributed by atoms with Crippen LogP contribution in [0.2, 0.25) is 0 Å². The lowest BCUT2D eigenvalue weighted by atomic mass is 10.2. The van der Waals surface area contributed by atoms with Crippen molar-refractivity contribution in [1.82, 2.24) is 10.3 Å². The highest BCUT2D eigenvalue weighted by Crippen LogP contribution is 2.14. The van der Waals surface area contributed by atoms with Crippen LogP contribution in [-0.2, 0) is 0 Å². The van der Waals surface area contributed by atoms with Crippen molar-refractivity contribution in [2.75, 3.05) is 21.2 Å². The number of amides is 2. The van der Waals surface area contributed by atoms with Gasteiger partial charge in [-0.15, -0.1) is 0 Å². The van der Waals surface area contributed by atoms with E-state index in [0.717, 1.165) is 5.56 Å². The van der Waals surface area contributed by atoms with Gasteiger partial charge in [-0.3, -0.25) is 0 Å². The van der Waals surface area contributed by atoms with E-state index in [1.165, 1.54) is 4.90 Å². The molecular weight excluding hydrogens is 206 g/mol. The highest BCUT2D eigenvalue weighted by molar-refractivity contribution is 5.84. The average Bonchev–Trinajstić information content (AvgIpc) is 2.29. The molecule has 1 rings (SSSR count). The third-order valence-electron chi connectivity index (χ3n) is 1.91. The van der Waals surface area contributed by atoms with Crippen molar-refractivity contribution in [3.05, 3.63) is 29.8 Å². The van der Waals surface area contributed by atoms with Crippen molar-refractivity contribution in [2.24, 2.45) is 5.10 Å². The van der Waals surface area contributed by atoms with Crippen molar-refractivity contribution in [3.63, 3.8) is 0 Å². The molecule has 86 valence electrons. The Kier molecular flexibility index (Phi) is 4.32. The molecule has 0 aliphatic heterocycles. The second-order valence-electron chi connectivity index (χ2n) is 3.31. The number of ether oxygens (including phenoxy) is 1. The van der Waals surface area contributed by atoms with Gasteiger partial charge in [0.25, 0.3) is 0 Å². The van der Waals surface area contributed by atoms with Crippen LogP contribution in [0, 0.1) is 0 Å². The maximum absolute atomic E-state index is 11.2. The Hall–Kier alpha value is -2.04. The third kappa shape index (κ3) is 3.27. The summed E-state index contributed by atoms with van der Waals surface area (Å²) in [5, 5.41) is 3.83. The van der Waals surface area contributed by atoms with Crippen LogP contribution in [0.15, 0.2) is 29.4 Å². The van der Waals surface area contributed by atoms with E-state index >= 15 is 0 Å². The van der Waals surface area contributed by atoms with E-state index in [1.807, 2.05) is 24.3 Å². The molecule has 2 amide bonds. The molecule has 0 saturated carbocycles. The molecule has 0 unspecified atom stereocenters. The van der Waals surface area contributed by atoms with Gasteiger partial charge in [-0.1, -0.05) is 12.1 Å². The quantitative estimate of drug-likeness (QED) is 0.618. The molecule has 0 atom stereocenters. The molecule has 0 saturated heterocycles. The van der Waals surface area contributed by atoms with E-state index in [1.54, 1.807) is 27.4 Å². The molecule has 0 aromatic heterocycles. The van der Waals surface area contributed by atoms with E-state index in [4.69, 9.17) is 4.74 Å². The molecular formula is C11H15N3O2. The first-order valence-corrected chi connectivity index (χ1v) is 4.78. The van der Waals surface area contributed by atoms with Crippen LogP contribution in [0.5, 0.6) is 5.75 Å². The summed E-state index contributed by atoms with van der Waals surface area (Å²) in [7, 11) is 4.88. The molecule has 0 radical (unpaired) electrons. The summed E-state index contributed by atoms with van der Waals surface area (Å²) in [5.74, 6) is 0.713. The molecule has 0 heterocycles. The first-order chi connectivity index (χ1) is 7.65. The fourth-order valence-corrected chi connectivity index (χ4v) is 1.03. The van der Waals surface area contributed by atoms with Gasteiger partial charge < -0.3 is 9.64 Å². The summed E-state index contributed by atoms with van der Waals surface area (Å²) in [4.78, 5) is 12.6. The second kappa shape index (κ2) is 5.75. The van der Waals surface area contributed by atoms with Gasteiger partial charge in [0.15, 0.2) is 0 Å². The number of para-hydroxylation sites is 1.